The number of aliphatic imine (C=N–C) groups is 1. The van der Waals surface area contributed by atoms with Crippen LogP contribution in [0.3, 0.4) is 0 Å². The third-order valence-electron chi connectivity index (χ3n) is 2.99. The van der Waals surface area contributed by atoms with Gasteiger partial charge >= 0.3 is 0 Å². The topological polar surface area (TPSA) is 63.3 Å². The summed E-state index contributed by atoms with van der Waals surface area (Å²) >= 11 is 1.63. The van der Waals surface area contributed by atoms with Crippen LogP contribution in [-0.2, 0) is 6.54 Å². The number of hydrogen-bond acceptors (Lipinski definition) is 3. The molecular weight excluding hydrogens is 268 g/mol. The van der Waals surface area contributed by atoms with Gasteiger partial charge in [0.05, 0.1) is 12.2 Å². The lowest BCUT2D eigenvalue weighted by molar-refractivity contribution is 0.636. The van der Waals surface area contributed by atoms with Crippen molar-refractivity contribution in [3.63, 3.8) is 0 Å². The van der Waals surface area contributed by atoms with Crippen LogP contribution in [-0.4, -0.2) is 17.0 Å². The Hall–Kier alpha value is -1.88. The van der Waals surface area contributed by atoms with Crippen molar-refractivity contribution in [1.82, 2.24) is 10.3 Å². The van der Waals surface area contributed by atoms with E-state index < -0.39 is 0 Å². The SMILES string of the molecule is CCC(C)NC(N)=NCc1csc(-c2ccccc2)n1. The van der Waals surface area contributed by atoms with E-state index in [1.165, 1.54) is 0 Å². The van der Waals surface area contributed by atoms with E-state index in [2.05, 4.69) is 41.3 Å². The summed E-state index contributed by atoms with van der Waals surface area (Å²) in [5.41, 5.74) is 7.91. The molecule has 0 aliphatic carbocycles. The number of guanidine groups is 1. The van der Waals surface area contributed by atoms with Crippen molar-refractivity contribution in [2.24, 2.45) is 10.7 Å². The third kappa shape index (κ3) is 4.06. The standard InChI is InChI=1S/C15H20N4S/c1-3-11(2)18-15(16)17-9-13-10-20-14(19-13)12-7-5-4-6-8-12/h4-8,10-11H,3,9H2,1-2H3,(H3,16,17,18). The van der Waals surface area contributed by atoms with Crippen LogP contribution in [0, 0.1) is 0 Å². The summed E-state index contributed by atoms with van der Waals surface area (Å²) in [6.45, 7) is 4.70. The Morgan fingerprint density at radius 3 is 2.85 bits per heavy atom. The molecule has 0 radical (unpaired) electrons. The highest BCUT2D eigenvalue weighted by Gasteiger charge is 2.04. The molecule has 0 amide bonds. The molecule has 0 aliphatic rings. The first-order valence-corrected chi connectivity index (χ1v) is 7.63. The van der Waals surface area contributed by atoms with Crippen LogP contribution in [0.5, 0.6) is 0 Å². The van der Waals surface area contributed by atoms with Gasteiger partial charge in [0.2, 0.25) is 0 Å². The van der Waals surface area contributed by atoms with Gasteiger partial charge in [0, 0.05) is 17.0 Å². The molecule has 0 spiro atoms. The van der Waals surface area contributed by atoms with Crippen LogP contribution in [0.25, 0.3) is 10.6 Å². The second-order valence-corrected chi connectivity index (χ2v) is 5.52. The fraction of sp³-hybridized carbons (Fsp3) is 0.333. The van der Waals surface area contributed by atoms with Crippen LogP contribution < -0.4 is 11.1 Å². The van der Waals surface area contributed by atoms with Crippen LogP contribution >= 0.6 is 11.3 Å². The molecule has 3 N–H and O–H groups in total. The van der Waals surface area contributed by atoms with Crippen molar-refractivity contribution in [3.05, 3.63) is 41.4 Å². The van der Waals surface area contributed by atoms with E-state index in [-0.39, 0.29) is 0 Å². The lowest BCUT2D eigenvalue weighted by Gasteiger charge is -2.11. The highest BCUT2D eigenvalue weighted by molar-refractivity contribution is 7.13. The van der Waals surface area contributed by atoms with Crippen molar-refractivity contribution in [1.29, 1.82) is 0 Å². The molecule has 5 heteroatoms. The average Bonchev–Trinajstić information content (AvgIpc) is 2.95. The van der Waals surface area contributed by atoms with E-state index in [0.29, 0.717) is 18.5 Å². The summed E-state index contributed by atoms with van der Waals surface area (Å²) in [6.07, 6.45) is 1.02. The molecule has 4 nitrogen and oxygen atoms in total. The number of nitrogens with two attached hydrogens (primary N) is 1. The molecule has 20 heavy (non-hydrogen) atoms. The first-order valence-electron chi connectivity index (χ1n) is 6.75. The maximum atomic E-state index is 5.83. The second kappa shape index (κ2) is 7.05. The van der Waals surface area contributed by atoms with Gasteiger partial charge in [-0.15, -0.1) is 11.3 Å². The molecule has 1 aromatic heterocycles. The van der Waals surface area contributed by atoms with Crippen molar-refractivity contribution < 1.29 is 0 Å². The quantitative estimate of drug-likeness (QED) is 0.656. The predicted molar refractivity (Wildman–Crippen MR) is 85.8 cm³/mol. The minimum Gasteiger partial charge on any atom is -0.370 e. The summed E-state index contributed by atoms with van der Waals surface area (Å²) in [6, 6.07) is 10.5. The molecule has 0 fully saturated rings. The van der Waals surface area contributed by atoms with Crippen molar-refractivity contribution in [2.45, 2.75) is 32.9 Å². The Labute approximate surface area is 123 Å². The molecule has 1 unspecified atom stereocenters. The second-order valence-electron chi connectivity index (χ2n) is 4.67. The lowest BCUT2D eigenvalue weighted by Crippen LogP contribution is -2.38. The van der Waals surface area contributed by atoms with Gasteiger partial charge in [-0.1, -0.05) is 37.3 Å². The van der Waals surface area contributed by atoms with Crippen LogP contribution in [0.4, 0.5) is 0 Å². The van der Waals surface area contributed by atoms with Gasteiger partial charge in [-0.3, -0.25) is 0 Å². The molecular formula is C15H20N4S. The van der Waals surface area contributed by atoms with Gasteiger partial charge in [0.1, 0.15) is 5.01 Å². The number of nitrogens with one attached hydrogen (secondary N) is 1. The Morgan fingerprint density at radius 2 is 2.15 bits per heavy atom. The highest BCUT2D eigenvalue weighted by atomic mass is 32.1. The van der Waals surface area contributed by atoms with Gasteiger partial charge in [0.15, 0.2) is 5.96 Å². The summed E-state index contributed by atoms with van der Waals surface area (Å²) in [5, 5.41) is 6.19. The van der Waals surface area contributed by atoms with E-state index >= 15 is 0 Å². The van der Waals surface area contributed by atoms with Crippen molar-refractivity contribution >= 4 is 17.3 Å². The van der Waals surface area contributed by atoms with Crippen LogP contribution in [0.1, 0.15) is 26.0 Å². The molecule has 1 heterocycles. The number of benzene rings is 1. The predicted octanol–water partition coefficient (Wildman–Crippen LogP) is 3.01. The van der Waals surface area contributed by atoms with Crippen LogP contribution in [0.15, 0.2) is 40.7 Å². The molecule has 0 saturated carbocycles. The van der Waals surface area contributed by atoms with E-state index in [1.807, 2.05) is 23.6 Å². The minimum atomic E-state index is 0.342. The first kappa shape index (κ1) is 14.5. The molecule has 2 rings (SSSR count). The first-order chi connectivity index (χ1) is 9.69. The maximum Gasteiger partial charge on any atom is 0.189 e. The molecule has 2 aromatic rings. The van der Waals surface area contributed by atoms with Crippen LogP contribution in [0.2, 0.25) is 0 Å². The van der Waals surface area contributed by atoms with E-state index in [4.69, 9.17) is 5.73 Å². The number of rotatable bonds is 5. The van der Waals surface area contributed by atoms with E-state index in [9.17, 15) is 0 Å². The average molecular weight is 288 g/mol. The highest BCUT2D eigenvalue weighted by Crippen LogP contribution is 2.23. The smallest absolute Gasteiger partial charge is 0.189 e. The Kier molecular flexibility index (Phi) is 5.12. The number of hydrogen-bond donors (Lipinski definition) is 2. The molecule has 0 bridgehead atoms. The third-order valence-corrected chi connectivity index (χ3v) is 3.93. The zero-order valence-corrected chi connectivity index (χ0v) is 12.7. The normalized spacial score (nSPS) is 13.2. The van der Waals surface area contributed by atoms with Gasteiger partial charge in [-0.05, 0) is 13.3 Å². The number of nitrogens with zero attached hydrogens (tertiary/aromatic N) is 2. The van der Waals surface area contributed by atoms with Crippen molar-refractivity contribution in [2.75, 3.05) is 0 Å². The summed E-state index contributed by atoms with van der Waals surface area (Å²) < 4.78 is 0. The van der Waals surface area contributed by atoms with E-state index in [0.717, 1.165) is 22.7 Å². The largest absolute Gasteiger partial charge is 0.370 e. The molecule has 0 saturated heterocycles. The van der Waals surface area contributed by atoms with Gasteiger partial charge in [-0.2, -0.15) is 0 Å². The van der Waals surface area contributed by atoms with Gasteiger partial charge < -0.3 is 11.1 Å². The van der Waals surface area contributed by atoms with Gasteiger partial charge in [-0.25, -0.2) is 9.98 Å². The fourth-order valence-electron chi connectivity index (χ4n) is 1.66. The molecule has 0 aliphatic heterocycles. The maximum absolute atomic E-state index is 5.83. The number of thiazole rings is 1. The molecule has 106 valence electrons. The monoisotopic (exact) mass is 288 g/mol. The fourth-order valence-corrected chi connectivity index (χ4v) is 2.48. The Balaban J connectivity index is 1.98. The van der Waals surface area contributed by atoms with Gasteiger partial charge in [0.25, 0.3) is 0 Å². The molecule has 1 aromatic carbocycles. The van der Waals surface area contributed by atoms with Crippen molar-refractivity contribution in [3.8, 4) is 10.6 Å². The zero-order valence-electron chi connectivity index (χ0n) is 11.8. The van der Waals surface area contributed by atoms with E-state index in [1.54, 1.807) is 11.3 Å². The summed E-state index contributed by atoms with van der Waals surface area (Å²) in [4.78, 5) is 8.90. The lowest BCUT2D eigenvalue weighted by atomic mass is 10.2. The zero-order chi connectivity index (χ0) is 14.4. The Morgan fingerprint density at radius 1 is 1.40 bits per heavy atom. The summed E-state index contributed by atoms with van der Waals surface area (Å²) in [7, 11) is 0. The minimum absolute atomic E-state index is 0.342. The number of aromatic nitrogens is 1. The summed E-state index contributed by atoms with van der Waals surface area (Å²) in [5.74, 6) is 0.480. The Bertz CT molecular complexity index is 562. The molecule has 1 atom stereocenters.